The van der Waals surface area contributed by atoms with Gasteiger partial charge in [-0.2, -0.15) is 0 Å². The predicted molar refractivity (Wildman–Crippen MR) is 140 cm³/mol. The van der Waals surface area contributed by atoms with Crippen molar-refractivity contribution in [1.82, 2.24) is 4.57 Å². The van der Waals surface area contributed by atoms with Crippen LogP contribution in [0.15, 0.2) is 90.5 Å². The zero-order valence-electron chi connectivity index (χ0n) is 19.9. The van der Waals surface area contributed by atoms with Crippen molar-refractivity contribution in [2.24, 2.45) is 0 Å². The maximum absolute atomic E-state index is 13.8. The first kappa shape index (κ1) is 23.6. The molecule has 0 saturated heterocycles. The second kappa shape index (κ2) is 9.47. The number of benzene rings is 3. The predicted octanol–water partition coefficient (Wildman–Crippen LogP) is 5.34. The number of pyridine rings is 1. The van der Waals surface area contributed by atoms with Crippen molar-refractivity contribution in [2.45, 2.75) is 23.3 Å². The van der Waals surface area contributed by atoms with Crippen molar-refractivity contribution in [3.63, 3.8) is 0 Å². The van der Waals surface area contributed by atoms with Gasteiger partial charge in [0.05, 0.1) is 26.3 Å². The lowest BCUT2D eigenvalue weighted by molar-refractivity contribution is 0.414. The van der Waals surface area contributed by atoms with Crippen LogP contribution in [0.5, 0.6) is 17.2 Å². The summed E-state index contributed by atoms with van der Waals surface area (Å²) in [6.45, 7) is 2.16. The summed E-state index contributed by atoms with van der Waals surface area (Å²) < 4.78 is 17.9. The van der Waals surface area contributed by atoms with Crippen LogP contribution in [0.3, 0.4) is 0 Å². The zero-order chi connectivity index (χ0) is 25.4. The van der Waals surface area contributed by atoms with Gasteiger partial charge < -0.3 is 23.6 Å². The second-order valence-corrected chi connectivity index (χ2v) is 9.40. The molecule has 182 valence electrons. The summed E-state index contributed by atoms with van der Waals surface area (Å²) in [5, 5.41) is 11.7. The van der Waals surface area contributed by atoms with Crippen LogP contribution in [-0.4, -0.2) is 23.9 Å². The summed E-state index contributed by atoms with van der Waals surface area (Å²) in [6.07, 6.45) is 0. The number of hydrogen-bond acceptors (Lipinski definition) is 7. The summed E-state index contributed by atoms with van der Waals surface area (Å²) in [4.78, 5) is 27.5. The first-order valence-electron chi connectivity index (χ1n) is 11.2. The Kier molecular flexibility index (Phi) is 6.20. The molecule has 8 heteroatoms. The van der Waals surface area contributed by atoms with Crippen LogP contribution in [0.25, 0.3) is 21.9 Å². The van der Waals surface area contributed by atoms with Gasteiger partial charge >= 0.3 is 5.63 Å². The number of aromatic nitrogens is 1. The molecular weight excluding hydrogens is 478 g/mol. The third kappa shape index (κ3) is 4.20. The van der Waals surface area contributed by atoms with E-state index in [2.05, 4.69) is 0 Å². The highest BCUT2D eigenvalue weighted by atomic mass is 32.2. The largest absolute Gasteiger partial charge is 0.505 e. The molecule has 0 bridgehead atoms. The molecule has 0 fully saturated rings. The topological polar surface area (TPSA) is 90.9 Å². The van der Waals surface area contributed by atoms with Crippen molar-refractivity contribution in [2.75, 3.05) is 14.2 Å². The lowest BCUT2D eigenvalue weighted by Crippen LogP contribution is -2.23. The molecule has 0 aliphatic heterocycles. The monoisotopic (exact) mass is 501 g/mol. The molecule has 2 heterocycles. The van der Waals surface area contributed by atoms with Crippen LogP contribution >= 0.6 is 11.8 Å². The molecule has 5 aromatic rings. The summed E-state index contributed by atoms with van der Waals surface area (Å²) in [5.41, 5.74) is 1.24. The van der Waals surface area contributed by atoms with Gasteiger partial charge in [-0.05, 0) is 48.9 Å². The quantitative estimate of drug-likeness (QED) is 0.314. The van der Waals surface area contributed by atoms with Crippen LogP contribution in [0, 0.1) is 6.92 Å². The molecule has 0 aliphatic carbocycles. The molecule has 0 spiro atoms. The minimum absolute atomic E-state index is 0.0373. The molecule has 36 heavy (non-hydrogen) atoms. The molecular formula is C28H23NO6S. The molecule has 0 saturated carbocycles. The third-order valence-corrected chi connectivity index (χ3v) is 7.05. The standard InChI is InChI=1S/C28H23NO6S/c1-16-7-10-20(11-8-16)36-26-24(30)23-25(35-28(26)32)21-12-9-19(34-3)14-22(21)29(27(23)31)15-17-5-4-6-18(13-17)33-2/h4-14,30H,15H2,1-3H3. The van der Waals surface area contributed by atoms with Crippen LogP contribution in [0.2, 0.25) is 0 Å². The average Bonchev–Trinajstić information content (AvgIpc) is 2.89. The van der Waals surface area contributed by atoms with Gasteiger partial charge in [-0.1, -0.05) is 41.6 Å². The van der Waals surface area contributed by atoms with Crippen LogP contribution in [0.1, 0.15) is 11.1 Å². The Morgan fingerprint density at radius 1 is 0.944 bits per heavy atom. The van der Waals surface area contributed by atoms with E-state index < -0.39 is 16.9 Å². The average molecular weight is 502 g/mol. The van der Waals surface area contributed by atoms with Gasteiger partial charge in [0.15, 0.2) is 11.3 Å². The number of aromatic hydroxyl groups is 1. The van der Waals surface area contributed by atoms with Gasteiger partial charge in [0.1, 0.15) is 21.8 Å². The Balaban J connectivity index is 1.78. The van der Waals surface area contributed by atoms with E-state index in [4.69, 9.17) is 13.9 Å². The smallest absolute Gasteiger partial charge is 0.354 e. The van der Waals surface area contributed by atoms with Crippen LogP contribution < -0.4 is 20.7 Å². The summed E-state index contributed by atoms with van der Waals surface area (Å²) in [5.74, 6) is 0.807. The number of methoxy groups -OCH3 is 2. The Morgan fingerprint density at radius 3 is 2.39 bits per heavy atom. The molecule has 0 atom stereocenters. The molecule has 0 aliphatic rings. The number of fused-ring (bicyclic) bond motifs is 3. The summed E-state index contributed by atoms with van der Waals surface area (Å²) in [6, 6.07) is 20.0. The minimum Gasteiger partial charge on any atom is -0.505 e. The SMILES string of the molecule is COc1cccc(Cn2c(=O)c3c(O)c(Sc4ccc(C)cc4)c(=O)oc3c3ccc(OC)cc32)c1. The Hall–Kier alpha value is -4.17. The van der Waals surface area contributed by atoms with E-state index in [9.17, 15) is 14.7 Å². The van der Waals surface area contributed by atoms with Crippen LogP contribution in [0.4, 0.5) is 0 Å². The van der Waals surface area contributed by atoms with E-state index in [0.29, 0.717) is 22.4 Å². The molecule has 2 aromatic heterocycles. The van der Waals surface area contributed by atoms with Gasteiger partial charge in [0.25, 0.3) is 5.56 Å². The molecule has 0 unspecified atom stereocenters. The molecule has 3 aromatic carbocycles. The van der Waals surface area contributed by atoms with Crippen molar-refractivity contribution < 1.29 is 19.0 Å². The number of aryl methyl sites for hydroxylation is 1. The molecule has 5 rings (SSSR count). The van der Waals surface area contributed by atoms with Crippen molar-refractivity contribution in [1.29, 1.82) is 0 Å². The normalized spacial score (nSPS) is 11.2. The van der Waals surface area contributed by atoms with Gasteiger partial charge in [0, 0.05) is 16.3 Å². The number of rotatable bonds is 6. The number of ether oxygens (including phenoxy) is 2. The summed E-state index contributed by atoms with van der Waals surface area (Å²) in [7, 11) is 3.11. The van der Waals surface area contributed by atoms with E-state index in [1.807, 2.05) is 55.5 Å². The lowest BCUT2D eigenvalue weighted by Gasteiger charge is -2.15. The van der Waals surface area contributed by atoms with E-state index in [-0.39, 0.29) is 22.4 Å². The van der Waals surface area contributed by atoms with Gasteiger partial charge in [-0.3, -0.25) is 4.79 Å². The summed E-state index contributed by atoms with van der Waals surface area (Å²) >= 11 is 1.06. The Bertz CT molecular complexity index is 1720. The minimum atomic E-state index is -0.715. The fourth-order valence-electron chi connectivity index (χ4n) is 4.12. The number of nitrogens with zero attached hydrogens (tertiary/aromatic N) is 1. The highest BCUT2D eigenvalue weighted by molar-refractivity contribution is 7.99. The van der Waals surface area contributed by atoms with E-state index in [0.717, 1.165) is 27.8 Å². The fourth-order valence-corrected chi connectivity index (χ4v) is 4.95. The van der Waals surface area contributed by atoms with Crippen LogP contribution in [-0.2, 0) is 6.54 Å². The van der Waals surface area contributed by atoms with Crippen molar-refractivity contribution >= 4 is 33.6 Å². The van der Waals surface area contributed by atoms with E-state index >= 15 is 0 Å². The Morgan fingerprint density at radius 2 is 1.67 bits per heavy atom. The van der Waals surface area contributed by atoms with Crippen molar-refractivity contribution in [3.05, 3.63) is 98.6 Å². The maximum Gasteiger partial charge on any atom is 0.354 e. The number of hydrogen-bond donors (Lipinski definition) is 1. The van der Waals surface area contributed by atoms with Gasteiger partial charge in [0.2, 0.25) is 0 Å². The first-order valence-corrected chi connectivity index (χ1v) is 12.0. The van der Waals surface area contributed by atoms with Gasteiger partial charge in [-0.15, -0.1) is 0 Å². The molecule has 7 nitrogen and oxygen atoms in total. The maximum atomic E-state index is 13.8. The molecule has 1 N–H and O–H groups in total. The lowest BCUT2D eigenvalue weighted by atomic mass is 10.1. The Labute approximate surface area is 210 Å². The molecule has 0 amide bonds. The third-order valence-electron chi connectivity index (χ3n) is 5.97. The zero-order valence-corrected chi connectivity index (χ0v) is 20.7. The van der Waals surface area contributed by atoms with Crippen molar-refractivity contribution in [3.8, 4) is 17.2 Å². The molecule has 0 radical (unpaired) electrons. The van der Waals surface area contributed by atoms with Gasteiger partial charge in [-0.25, -0.2) is 4.79 Å². The highest BCUT2D eigenvalue weighted by Gasteiger charge is 2.23. The first-order chi connectivity index (χ1) is 17.4. The second-order valence-electron chi connectivity index (χ2n) is 8.31. The highest BCUT2D eigenvalue weighted by Crippen LogP contribution is 2.37. The fraction of sp³-hybridized carbons (Fsp3) is 0.143. The van der Waals surface area contributed by atoms with E-state index in [1.165, 1.54) is 11.7 Å². The van der Waals surface area contributed by atoms with E-state index in [1.54, 1.807) is 25.3 Å².